The van der Waals surface area contributed by atoms with Crippen molar-refractivity contribution in [2.75, 3.05) is 6.54 Å². The number of nitrogens with one attached hydrogen (secondary N) is 1. The normalized spacial score (nSPS) is 29.4. The highest BCUT2D eigenvalue weighted by molar-refractivity contribution is 9.11. The van der Waals surface area contributed by atoms with Gasteiger partial charge in [0.25, 0.3) is 0 Å². The number of hydrogen-bond donors (Lipinski definition) is 1. The van der Waals surface area contributed by atoms with Gasteiger partial charge in [0, 0.05) is 23.1 Å². The Morgan fingerprint density at radius 2 is 2.71 bits per heavy atom. The van der Waals surface area contributed by atoms with E-state index in [1.165, 1.54) is 4.48 Å². The fourth-order valence-corrected chi connectivity index (χ4v) is 0.897. The average Bonchev–Trinajstić information content (AvgIpc) is 1.91. The van der Waals surface area contributed by atoms with Gasteiger partial charge in [0.2, 0.25) is 0 Å². The lowest BCUT2D eigenvalue weighted by atomic mass is 10.2. The zero-order valence-corrected chi connectivity index (χ0v) is 5.83. The molecule has 2 heteroatoms. The molecule has 0 fully saturated rings. The largest absolute Gasteiger partial charge is 0.390 e. The zero-order valence-electron chi connectivity index (χ0n) is 4.24. The van der Waals surface area contributed by atoms with Gasteiger partial charge in [0.15, 0.2) is 0 Å². The molecule has 0 aromatic rings. The lowest BCUT2D eigenvalue weighted by Gasteiger charge is -1.96. The SMILES string of the molecule is CC1CNC=C1Br. The van der Waals surface area contributed by atoms with E-state index in [0.29, 0.717) is 5.92 Å². The predicted octanol–water partition coefficient (Wildman–Crippen LogP) is 1.46. The van der Waals surface area contributed by atoms with E-state index in [-0.39, 0.29) is 0 Å². The predicted molar refractivity (Wildman–Crippen MR) is 34.2 cm³/mol. The molecule has 1 atom stereocenters. The van der Waals surface area contributed by atoms with Crippen molar-refractivity contribution in [2.45, 2.75) is 6.92 Å². The first-order valence-corrected chi connectivity index (χ1v) is 3.19. The van der Waals surface area contributed by atoms with Gasteiger partial charge >= 0.3 is 0 Å². The first kappa shape index (κ1) is 5.16. The van der Waals surface area contributed by atoms with Crippen LogP contribution in [0.3, 0.4) is 0 Å². The molecule has 40 valence electrons. The second-order valence-corrected chi connectivity index (χ2v) is 2.75. The number of hydrogen-bond acceptors (Lipinski definition) is 1. The molecule has 0 bridgehead atoms. The molecule has 1 heterocycles. The maximum absolute atomic E-state index is 3.40. The smallest absolute Gasteiger partial charge is 0.0213 e. The minimum atomic E-state index is 0.681. The van der Waals surface area contributed by atoms with Gasteiger partial charge in [-0.2, -0.15) is 0 Å². The Labute approximate surface area is 51.9 Å². The third kappa shape index (κ3) is 0.969. The molecule has 7 heavy (non-hydrogen) atoms. The molecule has 0 saturated heterocycles. The van der Waals surface area contributed by atoms with Crippen molar-refractivity contribution in [3.63, 3.8) is 0 Å². The van der Waals surface area contributed by atoms with E-state index in [9.17, 15) is 0 Å². The molecule has 1 nitrogen and oxygen atoms in total. The van der Waals surface area contributed by atoms with Crippen LogP contribution in [0, 0.1) is 5.92 Å². The number of rotatable bonds is 0. The van der Waals surface area contributed by atoms with Crippen molar-refractivity contribution in [3.05, 3.63) is 10.7 Å². The van der Waals surface area contributed by atoms with Crippen molar-refractivity contribution in [3.8, 4) is 0 Å². The van der Waals surface area contributed by atoms with E-state index >= 15 is 0 Å². The Morgan fingerprint density at radius 1 is 2.00 bits per heavy atom. The molecule has 1 unspecified atom stereocenters. The van der Waals surface area contributed by atoms with Gasteiger partial charge in [-0.15, -0.1) is 0 Å². The highest BCUT2D eigenvalue weighted by Crippen LogP contribution is 2.19. The lowest BCUT2D eigenvalue weighted by Crippen LogP contribution is -2.05. The lowest BCUT2D eigenvalue weighted by molar-refractivity contribution is 0.719. The summed E-state index contributed by atoms with van der Waals surface area (Å²) < 4.78 is 1.28. The summed E-state index contributed by atoms with van der Waals surface area (Å²) >= 11 is 3.40. The molecule has 1 aliphatic rings. The second kappa shape index (κ2) is 1.86. The Bertz CT molecular complexity index is 98.3. The molecule has 0 aromatic heterocycles. The molecule has 0 aromatic carbocycles. The zero-order chi connectivity index (χ0) is 5.28. The molecular weight excluding hydrogens is 154 g/mol. The first-order valence-electron chi connectivity index (χ1n) is 2.39. The summed E-state index contributed by atoms with van der Waals surface area (Å²) in [6, 6.07) is 0. The standard InChI is InChI=1S/C5H8BrN/c1-4-2-7-3-5(4)6/h3-4,7H,2H2,1H3. The van der Waals surface area contributed by atoms with E-state index in [1.54, 1.807) is 0 Å². The van der Waals surface area contributed by atoms with Crippen LogP contribution in [0.2, 0.25) is 0 Å². The summed E-state index contributed by atoms with van der Waals surface area (Å²) in [5.74, 6) is 0.681. The van der Waals surface area contributed by atoms with Crippen molar-refractivity contribution in [2.24, 2.45) is 5.92 Å². The monoisotopic (exact) mass is 161 g/mol. The average molecular weight is 162 g/mol. The molecule has 1 aliphatic heterocycles. The Balaban J connectivity index is 2.54. The fourth-order valence-electron chi connectivity index (χ4n) is 0.573. The molecule has 1 N–H and O–H groups in total. The summed E-state index contributed by atoms with van der Waals surface area (Å²) in [6.07, 6.45) is 2.00. The van der Waals surface area contributed by atoms with E-state index in [2.05, 4.69) is 28.2 Å². The Hall–Kier alpha value is 0.0200. The van der Waals surface area contributed by atoms with Crippen LogP contribution < -0.4 is 5.32 Å². The van der Waals surface area contributed by atoms with Crippen LogP contribution in [-0.2, 0) is 0 Å². The summed E-state index contributed by atoms with van der Waals surface area (Å²) in [4.78, 5) is 0. The molecule has 0 amide bonds. The maximum Gasteiger partial charge on any atom is 0.0213 e. The van der Waals surface area contributed by atoms with Gasteiger partial charge in [-0.05, 0) is 0 Å². The van der Waals surface area contributed by atoms with E-state index in [0.717, 1.165) is 6.54 Å². The third-order valence-corrected chi connectivity index (χ3v) is 2.15. The van der Waals surface area contributed by atoms with E-state index < -0.39 is 0 Å². The first-order chi connectivity index (χ1) is 3.30. The van der Waals surface area contributed by atoms with Gasteiger partial charge in [-0.25, -0.2) is 0 Å². The Kier molecular flexibility index (Phi) is 1.38. The third-order valence-electron chi connectivity index (χ3n) is 1.13. The van der Waals surface area contributed by atoms with Crippen molar-refractivity contribution in [1.82, 2.24) is 5.32 Å². The van der Waals surface area contributed by atoms with Gasteiger partial charge < -0.3 is 5.32 Å². The summed E-state index contributed by atoms with van der Waals surface area (Å²) in [5, 5.41) is 3.11. The summed E-state index contributed by atoms with van der Waals surface area (Å²) in [5.41, 5.74) is 0. The molecule has 0 spiro atoms. The van der Waals surface area contributed by atoms with Gasteiger partial charge in [-0.1, -0.05) is 22.9 Å². The summed E-state index contributed by atoms with van der Waals surface area (Å²) in [6.45, 7) is 3.27. The van der Waals surface area contributed by atoms with Crippen LogP contribution >= 0.6 is 15.9 Å². The molecule has 1 rings (SSSR count). The topological polar surface area (TPSA) is 12.0 Å². The van der Waals surface area contributed by atoms with Gasteiger partial charge in [0.05, 0.1) is 0 Å². The molecule has 0 radical (unpaired) electrons. The van der Waals surface area contributed by atoms with E-state index in [4.69, 9.17) is 0 Å². The van der Waals surface area contributed by atoms with Crippen LogP contribution in [0.15, 0.2) is 10.7 Å². The van der Waals surface area contributed by atoms with Gasteiger partial charge in [0.1, 0.15) is 0 Å². The van der Waals surface area contributed by atoms with Crippen LogP contribution in [0.25, 0.3) is 0 Å². The molecular formula is C5H8BrN. The molecule has 0 saturated carbocycles. The van der Waals surface area contributed by atoms with E-state index in [1.807, 2.05) is 6.20 Å². The highest BCUT2D eigenvalue weighted by atomic mass is 79.9. The van der Waals surface area contributed by atoms with Crippen LogP contribution in [-0.4, -0.2) is 6.54 Å². The Morgan fingerprint density at radius 3 is 2.86 bits per heavy atom. The summed E-state index contributed by atoms with van der Waals surface area (Å²) in [7, 11) is 0. The van der Waals surface area contributed by atoms with Crippen molar-refractivity contribution in [1.29, 1.82) is 0 Å². The molecule has 0 aliphatic carbocycles. The van der Waals surface area contributed by atoms with Crippen LogP contribution in [0.5, 0.6) is 0 Å². The van der Waals surface area contributed by atoms with Crippen LogP contribution in [0.1, 0.15) is 6.92 Å². The van der Waals surface area contributed by atoms with Gasteiger partial charge in [-0.3, -0.25) is 0 Å². The van der Waals surface area contributed by atoms with Crippen molar-refractivity contribution < 1.29 is 0 Å². The fraction of sp³-hybridized carbons (Fsp3) is 0.600. The second-order valence-electron chi connectivity index (χ2n) is 1.84. The maximum atomic E-state index is 3.40. The minimum absolute atomic E-state index is 0.681. The quantitative estimate of drug-likeness (QED) is 0.568. The van der Waals surface area contributed by atoms with Crippen molar-refractivity contribution >= 4 is 15.9 Å². The minimum Gasteiger partial charge on any atom is -0.390 e. The van der Waals surface area contributed by atoms with Crippen LogP contribution in [0.4, 0.5) is 0 Å². The highest BCUT2D eigenvalue weighted by Gasteiger charge is 2.08. The number of halogens is 1.